The van der Waals surface area contributed by atoms with E-state index in [1.165, 1.54) is 19.7 Å². The molecule has 1 amide bonds. The number of sulfonamides is 1. The minimum absolute atomic E-state index is 0.00310. The average molecular weight is 304 g/mol. The van der Waals surface area contributed by atoms with Gasteiger partial charge in [0.15, 0.2) is 0 Å². The van der Waals surface area contributed by atoms with Crippen LogP contribution in [0.25, 0.3) is 0 Å². The molecule has 0 bridgehead atoms. The Hall–Kier alpha value is -0.920. The number of carbonyl (C=O) groups is 1. The molecule has 0 aromatic carbocycles. The van der Waals surface area contributed by atoms with Gasteiger partial charge in [0.05, 0.1) is 5.75 Å². The predicted octanol–water partition coefficient (Wildman–Crippen LogP) is 1.25. The summed E-state index contributed by atoms with van der Waals surface area (Å²) >= 11 is 1.62. The first-order valence-corrected chi connectivity index (χ1v) is 8.57. The number of thiophene rings is 1. The monoisotopic (exact) mass is 304 g/mol. The highest BCUT2D eigenvalue weighted by molar-refractivity contribution is 7.89. The van der Waals surface area contributed by atoms with Crippen LogP contribution in [0.5, 0.6) is 0 Å². The third-order valence-corrected chi connectivity index (χ3v) is 5.40. The molecule has 1 N–H and O–H groups in total. The molecule has 1 unspecified atom stereocenters. The summed E-state index contributed by atoms with van der Waals surface area (Å²) in [5.74, 6) is -0.147. The molecular weight excluding hydrogens is 284 g/mol. The third kappa shape index (κ3) is 5.30. The zero-order chi connectivity index (χ0) is 14.5. The zero-order valence-corrected chi connectivity index (χ0v) is 13.1. The minimum atomic E-state index is -3.30. The largest absolute Gasteiger partial charge is 0.355 e. The molecule has 0 fully saturated rings. The Bertz CT molecular complexity index is 495. The van der Waals surface area contributed by atoms with E-state index < -0.39 is 10.0 Å². The molecule has 1 rings (SSSR count). The second-order valence-electron chi connectivity index (χ2n) is 4.61. The Morgan fingerprint density at radius 3 is 2.68 bits per heavy atom. The quantitative estimate of drug-likeness (QED) is 0.824. The van der Waals surface area contributed by atoms with E-state index in [1.54, 1.807) is 11.3 Å². The van der Waals surface area contributed by atoms with Gasteiger partial charge in [-0.2, -0.15) is 11.3 Å². The van der Waals surface area contributed by atoms with Gasteiger partial charge in [-0.15, -0.1) is 0 Å². The normalized spacial score (nSPS) is 13.5. The lowest BCUT2D eigenvalue weighted by molar-refractivity contribution is -0.120. The van der Waals surface area contributed by atoms with Gasteiger partial charge in [-0.1, -0.05) is 6.92 Å². The summed E-state index contributed by atoms with van der Waals surface area (Å²) in [6.45, 7) is 2.55. The van der Waals surface area contributed by atoms with Crippen molar-refractivity contribution in [3.05, 3.63) is 22.4 Å². The van der Waals surface area contributed by atoms with E-state index in [4.69, 9.17) is 0 Å². The van der Waals surface area contributed by atoms with Gasteiger partial charge in [-0.25, -0.2) is 12.7 Å². The van der Waals surface area contributed by atoms with Crippen molar-refractivity contribution in [2.45, 2.75) is 19.3 Å². The maximum absolute atomic E-state index is 11.6. The zero-order valence-electron chi connectivity index (χ0n) is 11.4. The Morgan fingerprint density at radius 1 is 1.47 bits per heavy atom. The van der Waals surface area contributed by atoms with Crippen molar-refractivity contribution in [2.24, 2.45) is 0 Å². The van der Waals surface area contributed by atoms with E-state index >= 15 is 0 Å². The predicted molar refractivity (Wildman–Crippen MR) is 77.8 cm³/mol. The molecule has 0 spiro atoms. The second-order valence-corrected chi connectivity index (χ2v) is 7.69. The van der Waals surface area contributed by atoms with Crippen LogP contribution in [-0.2, 0) is 14.8 Å². The van der Waals surface area contributed by atoms with Crippen molar-refractivity contribution < 1.29 is 13.2 Å². The van der Waals surface area contributed by atoms with Gasteiger partial charge in [-0.3, -0.25) is 4.79 Å². The van der Waals surface area contributed by atoms with Gasteiger partial charge in [0.1, 0.15) is 0 Å². The van der Waals surface area contributed by atoms with E-state index in [0.717, 1.165) is 4.31 Å². The van der Waals surface area contributed by atoms with Crippen LogP contribution >= 0.6 is 11.3 Å². The van der Waals surface area contributed by atoms with Crippen LogP contribution in [0.4, 0.5) is 0 Å². The van der Waals surface area contributed by atoms with Crippen LogP contribution in [0.3, 0.4) is 0 Å². The molecular formula is C12H20N2O3S2. The fraction of sp³-hybridized carbons (Fsp3) is 0.583. The number of hydrogen-bond donors (Lipinski definition) is 1. The number of carbonyl (C=O) groups excluding carboxylic acids is 1. The number of amides is 1. The third-order valence-electron chi connectivity index (χ3n) is 2.86. The van der Waals surface area contributed by atoms with Crippen molar-refractivity contribution in [1.82, 2.24) is 9.62 Å². The van der Waals surface area contributed by atoms with Crippen LogP contribution in [0.15, 0.2) is 16.8 Å². The van der Waals surface area contributed by atoms with Crippen molar-refractivity contribution in [2.75, 3.05) is 26.4 Å². The molecule has 0 aliphatic heterocycles. The molecule has 0 aliphatic rings. The molecule has 108 valence electrons. The first-order chi connectivity index (χ1) is 8.83. The Balaban J connectivity index is 2.33. The van der Waals surface area contributed by atoms with Gasteiger partial charge < -0.3 is 5.32 Å². The van der Waals surface area contributed by atoms with E-state index in [0.29, 0.717) is 6.54 Å². The van der Waals surface area contributed by atoms with E-state index in [9.17, 15) is 13.2 Å². The lowest BCUT2D eigenvalue weighted by Gasteiger charge is -2.13. The van der Waals surface area contributed by atoms with Crippen LogP contribution < -0.4 is 5.32 Å². The van der Waals surface area contributed by atoms with E-state index in [2.05, 4.69) is 5.32 Å². The summed E-state index contributed by atoms with van der Waals surface area (Å²) in [5, 5.41) is 6.81. The molecule has 1 atom stereocenters. The minimum Gasteiger partial charge on any atom is -0.355 e. The summed E-state index contributed by atoms with van der Waals surface area (Å²) in [6.07, 6.45) is -0.00310. The number of hydrogen-bond acceptors (Lipinski definition) is 4. The average Bonchev–Trinajstić information content (AvgIpc) is 2.87. The van der Waals surface area contributed by atoms with Crippen molar-refractivity contribution in [3.63, 3.8) is 0 Å². The van der Waals surface area contributed by atoms with Gasteiger partial charge >= 0.3 is 0 Å². The van der Waals surface area contributed by atoms with Crippen LogP contribution in [0, 0.1) is 0 Å². The van der Waals surface area contributed by atoms with Gasteiger partial charge in [-0.05, 0) is 28.3 Å². The fourth-order valence-corrected chi connectivity index (χ4v) is 3.02. The van der Waals surface area contributed by atoms with Gasteiger partial charge in [0.25, 0.3) is 0 Å². The fourth-order valence-electron chi connectivity index (χ4n) is 1.43. The molecule has 7 heteroatoms. The van der Waals surface area contributed by atoms with Crippen LogP contribution in [-0.4, -0.2) is 45.0 Å². The summed E-state index contributed by atoms with van der Waals surface area (Å²) in [7, 11) is -0.373. The summed E-state index contributed by atoms with van der Waals surface area (Å²) < 4.78 is 24.1. The molecule has 5 nitrogen and oxygen atoms in total. The Labute approximate surface area is 118 Å². The maximum atomic E-state index is 11.6. The van der Waals surface area contributed by atoms with Crippen LogP contribution in [0.2, 0.25) is 0 Å². The number of rotatable bonds is 7. The molecule has 1 aromatic rings. The number of nitrogens with zero attached hydrogens (tertiary/aromatic N) is 1. The number of nitrogens with one attached hydrogen (secondary N) is 1. The molecule has 0 saturated heterocycles. The molecule has 1 aromatic heterocycles. The second kappa shape index (κ2) is 7.02. The van der Waals surface area contributed by atoms with Crippen molar-refractivity contribution >= 4 is 27.3 Å². The molecule has 19 heavy (non-hydrogen) atoms. The van der Waals surface area contributed by atoms with Gasteiger partial charge in [0.2, 0.25) is 15.9 Å². The summed E-state index contributed by atoms with van der Waals surface area (Å²) in [4.78, 5) is 11.6. The Kier molecular flexibility index (Phi) is 5.96. The Morgan fingerprint density at radius 2 is 2.16 bits per heavy atom. The highest BCUT2D eigenvalue weighted by Gasteiger charge is 2.16. The topological polar surface area (TPSA) is 66.5 Å². The smallest absolute Gasteiger partial charge is 0.221 e. The summed E-state index contributed by atoms with van der Waals surface area (Å²) in [5.41, 5.74) is 1.19. The van der Waals surface area contributed by atoms with E-state index in [-0.39, 0.29) is 24.0 Å². The van der Waals surface area contributed by atoms with E-state index in [1.807, 2.05) is 23.8 Å². The lowest BCUT2D eigenvalue weighted by Crippen LogP contribution is -2.32. The van der Waals surface area contributed by atoms with Crippen molar-refractivity contribution in [1.29, 1.82) is 0 Å². The first-order valence-electron chi connectivity index (χ1n) is 6.02. The summed E-state index contributed by atoms with van der Waals surface area (Å²) in [6, 6.07) is 2.03. The highest BCUT2D eigenvalue weighted by Crippen LogP contribution is 2.17. The molecule has 0 aliphatic carbocycles. The molecule has 1 heterocycles. The SMILES string of the molecule is CC(CNC(=O)CCS(=O)(=O)N(C)C)c1ccsc1. The van der Waals surface area contributed by atoms with Gasteiger partial charge in [0, 0.05) is 27.1 Å². The molecule has 0 saturated carbocycles. The molecule has 0 radical (unpaired) electrons. The highest BCUT2D eigenvalue weighted by atomic mass is 32.2. The maximum Gasteiger partial charge on any atom is 0.221 e. The van der Waals surface area contributed by atoms with Crippen LogP contribution in [0.1, 0.15) is 24.8 Å². The first kappa shape index (κ1) is 16.1. The standard InChI is InChI=1S/C12H20N2O3S2/c1-10(11-4-6-18-9-11)8-13-12(15)5-7-19(16,17)14(2)3/h4,6,9-10H,5,7-8H2,1-3H3,(H,13,15). The van der Waals surface area contributed by atoms with Crippen molar-refractivity contribution in [3.8, 4) is 0 Å². The lowest BCUT2D eigenvalue weighted by atomic mass is 10.1.